The van der Waals surface area contributed by atoms with Crippen LogP contribution >= 0.6 is 11.6 Å². The molecular formula is C28H24ClN7O4. The molecule has 0 radical (unpaired) electrons. The quantitative estimate of drug-likeness (QED) is 0.502. The minimum absolute atomic E-state index is 0.0856. The summed E-state index contributed by atoms with van der Waals surface area (Å²) in [7, 11) is 0. The first-order chi connectivity index (χ1) is 19.4. The van der Waals surface area contributed by atoms with Gasteiger partial charge in [-0.05, 0) is 48.2 Å². The first-order valence-electron chi connectivity index (χ1n) is 13.0. The predicted octanol–water partition coefficient (Wildman–Crippen LogP) is 2.29. The van der Waals surface area contributed by atoms with E-state index in [0.29, 0.717) is 61.2 Å². The molecule has 11 nitrogen and oxygen atoms in total. The fraction of sp³-hybridized carbons (Fsp3) is 0.321. The van der Waals surface area contributed by atoms with Gasteiger partial charge in [0.1, 0.15) is 29.4 Å². The molecule has 0 saturated carbocycles. The summed E-state index contributed by atoms with van der Waals surface area (Å²) >= 11 is 6.41. The minimum Gasteiger partial charge on any atom is -0.381 e. The van der Waals surface area contributed by atoms with Crippen LogP contribution in [0.5, 0.6) is 0 Å². The third-order valence-electron chi connectivity index (χ3n) is 8.14. The summed E-state index contributed by atoms with van der Waals surface area (Å²) in [5.74, 6) is 0.405. The van der Waals surface area contributed by atoms with Crippen molar-refractivity contribution >= 4 is 46.8 Å². The minimum atomic E-state index is -0.998. The lowest BCUT2D eigenvalue weighted by atomic mass is 9.79. The van der Waals surface area contributed by atoms with Crippen molar-refractivity contribution in [1.82, 2.24) is 19.9 Å². The maximum absolute atomic E-state index is 13.6. The molecule has 202 valence electrons. The lowest BCUT2D eigenvalue weighted by Gasteiger charge is -2.29. The molecule has 4 aliphatic rings. The molecule has 1 aliphatic carbocycles. The number of carbonyl (C=O) groups is 3. The van der Waals surface area contributed by atoms with Gasteiger partial charge in [0, 0.05) is 50.2 Å². The van der Waals surface area contributed by atoms with Gasteiger partial charge < -0.3 is 15.4 Å². The smallest absolute Gasteiger partial charge is 0.256 e. The molecule has 3 aromatic rings. The Morgan fingerprint density at radius 2 is 1.85 bits per heavy atom. The van der Waals surface area contributed by atoms with E-state index in [4.69, 9.17) is 21.3 Å². The monoisotopic (exact) mass is 557 g/mol. The number of aliphatic imine (C=N–C) groups is 1. The lowest BCUT2D eigenvalue weighted by Crippen LogP contribution is -2.48. The molecule has 1 fully saturated rings. The number of hydrogen-bond donors (Lipinski definition) is 2. The summed E-state index contributed by atoms with van der Waals surface area (Å²) in [4.78, 5) is 59.1. The summed E-state index contributed by atoms with van der Waals surface area (Å²) < 4.78 is 5.46. The van der Waals surface area contributed by atoms with Crippen molar-refractivity contribution in [2.24, 2.45) is 4.99 Å². The SMILES string of the molecule is O=C(CN1C(=O)C2(CCOCC2)N=C1c1ncccc1Cl)Nc1cc2c(cn1)C[C@]1(C2)C(=O)Nc2ncccc21. The second kappa shape index (κ2) is 9.17. The molecule has 12 heteroatoms. The Balaban J connectivity index is 1.12. The van der Waals surface area contributed by atoms with Crippen LogP contribution in [0.25, 0.3) is 0 Å². The number of nitrogens with one attached hydrogen (secondary N) is 2. The molecule has 0 aromatic carbocycles. The van der Waals surface area contributed by atoms with Gasteiger partial charge in [-0.1, -0.05) is 17.7 Å². The fourth-order valence-corrected chi connectivity index (χ4v) is 6.32. The number of pyridine rings is 3. The number of aromatic nitrogens is 3. The van der Waals surface area contributed by atoms with Gasteiger partial charge >= 0.3 is 0 Å². The molecule has 2 N–H and O–H groups in total. The number of anilines is 2. The lowest BCUT2D eigenvalue weighted by molar-refractivity contribution is -0.136. The van der Waals surface area contributed by atoms with Crippen LogP contribution in [0.2, 0.25) is 5.02 Å². The first-order valence-corrected chi connectivity index (χ1v) is 13.4. The van der Waals surface area contributed by atoms with Crippen molar-refractivity contribution in [1.29, 1.82) is 0 Å². The van der Waals surface area contributed by atoms with E-state index in [9.17, 15) is 14.4 Å². The standard InChI is InChI=1S/C28H24ClN7O4/c29-19-4-2-7-30-22(19)24-35-28(5-9-40-10-6-28)26(39)36(24)15-21(37)33-20-11-16-12-27(13-17(16)14-32-20)18-3-1-8-31-23(18)34-25(27)38/h1-4,7-8,11,14H,5-6,9-10,12-13,15H2,(H,31,34,38)(H,32,33,37)/t27-/m0/s1. The number of ether oxygens (including phenoxy) is 1. The predicted molar refractivity (Wildman–Crippen MR) is 145 cm³/mol. The Hall–Kier alpha value is -4.22. The Labute approximate surface area is 234 Å². The average Bonchev–Trinajstić information content (AvgIpc) is 3.56. The van der Waals surface area contributed by atoms with E-state index in [1.807, 2.05) is 12.1 Å². The van der Waals surface area contributed by atoms with Crippen molar-refractivity contribution in [3.63, 3.8) is 0 Å². The maximum atomic E-state index is 13.6. The van der Waals surface area contributed by atoms with E-state index in [2.05, 4.69) is 25.6 Å². The summed E-state index contributed by atoms with van der Waals surface area (Å²) in [6.07, 6.45) is 6.73. The van der Waals surface area contributed by atoms with Crippen LogP contribution in [0.15, 0.2) is 53.9 Å². The molecule has 40 heavy (non-hydrogen) atoms. The number of hydrogen-bond acceptors (Lipinski definition) is 8. The van der Waals surface area contributed by atoms with Crippen molar-refractivity contribution < 1.29 is 19.1 Å². The largest absolute Gasteiger partial charge is 0.381 e. The van der Waals surface area contributed by atoms with E-state index < -0.39 is 16.9 Å². The third-order valence-corrected chi connectivity index (χ3v) is 8.44. The molecule has 3 aromatic heterocycles. The normalized spacial score (nSPS) is 22.3. The summed E-state index contributed by atoms with van der Waals surface area (Å²) in [6, 6.07) is 8.91. The highest BCUT2D eigenvalue weighted by molar-refractivity contribution is 6.34. The summed E-state index contributed by atoms with van der Waals surface area (Å²) in [5, 5.41) is 6.05. The fourth-order valence-electron chi connectivity index (χ4n) is 6.12. The van der Waals surface area contributed by atoms with Gasteiger partial charge in [-0.2, -0.15) is 0 Å². The van der Waals surface area contributed by atoms with Gasteiger partial charge in [0.05, 0.1) is 10.4 Å². The zero-order valence-corrected chi connectivity index (χ0v) is 22.1. The topological polar surface area (TPSA) is 139 Å². The third kappa shape index (κ3) is 3.80. The van der Waals surface area contributed by atoms with E-state index in [1.54, 1.807) is 36.8 Å². The first kappa shape index (κ1) is 24.8. The molecule has 2 spiro atoms. The van der Waals surface area contributed by atoms with E-state index in [0.717, 1.165) is 16.7 Å². The number of carbonyl (C=O) groups excluding carboxylic acids is 3. The van der Waals surface area contributed by atoms with Crippen LogP contribution in [0.3, 0.4) is 0 Å². The van der Waals surface area contributed by atoms with Gasteiger partial charge in [-0.3, -0.25) is 24.3 Å². The molecule has 3 amide bonds. The Morgan fingerprint density at radius 3 is 2.67 bits per heavy atom. The zero-order valence-electron chi connectivity index (χ0n) is 21.3. The van der Waals surface area contributed by atoms with Gasteiger partial charge in [0.2, 0.25) is 11.8 Å². The number of rotatable bonds is 4. The van der Waals surface area contributed by atoms with Gasteiger partial charge in [-0.15, -0.1) is 0 Å². The highest BCUT2D eigenvalue weighted by atomic mass is 35.5. The van der Waals surface area contributed by atoms with Gasteiger partial charge in [-0.25, -0.2) is 15.0 Å². The Kier molecular flexibility index (Phi) is 5.69. The van der Waals surface area contributed by atoms with Crippen molar-refractivity contribution in [2.45, 2.75) is 36.6 Å². The Bertz CT molecular complexity index is 1620. The molecule has 6 heterocycles. The zero-order chi connectivity index (χ0) is 27.5. The van der Waals surface area contributed by atoms with Crippen molar-refractivity contribution in [3.05, 3.63) is 76.3 Å². The van der Waals surface area contributed by atoms with Crippen molar-refractivity contribution in [3.8, 4) is 0 Å². The highest BCUT2D eigenvalue weighted by Crippen LogP contribution is 2.46. The number of amidine groups is 1. The van der Waals surface area contributed by atoms with Crippen LogP contribution < -0.4 is 10.6 Å². The van der Waals surface area contributed by atoms with E-state index in [1.165, 1.54) is 4.90 Å². The summed E-state index contributed by atoms with van der Waals surface area (Å²) in [5.41, 5.74) is 1.36. The van der Waals surface area contributed by atoms with E-state index >= 15 is 0 Å². The van der Waals surface area contributed by atoms with Crippen LogP contribution in [0.4, 0.5) is 11.6 Å². The Morgan fingerprint density at radius 1 is 1.07 bits per heavy atom. The van der Waals surface area contributed by atoms with Crippen LogP contribution in [0.1, 0.15) is 35.2 Å². The van der Waals surface area contributed by atoms with Gasteiger partial charge in [0.15, 0.2) is 5.84 Å². The molecule has 0 bridgehead atoms. The van der Waals surface area contributed by atoms with Crippen LogP contribution in [-0.2, 0) is 37.4 Å². The molecule has 3 aliphatic heterocycles. The maximum Gasteiger partial charge on any atom is 0.256 e. The summed E-state index contributed by atoms with van der Waals surface area (Å²) in [6.45, 7) is 0.520. The second-order valence-corrected chi connectivity index (χ2v) is 10.9. The molecule has 1 saturated heterocycles. The average molecular weight is 558 g/mol. The number of nitrogens with zero attached hydrogens (tertiary/aromatic N) is 5. The molecular weight excluding hydrogens is 534 g/mol. The number of fused-ring (bicyclic) bond motifs is 3. The number of amides is 3. The second-order valence-electron chi connectivity index (χ2n) is 10.5. The molecule has 1 atom stereocenters. The van der Waals surface area contributed by atoms with Crippen molar-refractivity contribution in [2.75, 3.05) is 30.4 Å². The number of halogens is 1. The molecule has 0 unspecified atom stereocenters. The van der Waals surface area contributed by atoms with Crippen LogP contribution in [0, 0.1) is 0 Å². The highest BCUT2D eigenvalue weighted by Gasteiger charge is 2.52. The van der Waals surface area contributed by atoms with Gasteiger partial charge in [0.25, 0.3) is 5.91 Å². The van der Waals surface area contributed by atoms with E-state index in [-0.39, 0.29) is 24.2 Å². The van der Waals surface area contributed by atoms with Crippen LogP contribution in [-0.4, -0.2) is 68.7 Å². The molecule has 7 rings (SSSR count).